The van der Waals surface area contributed by atoms with Gasteiger partial charge in [-0.2, -0.15) is 0 Å². The molecule has 4 nitrogen and oxygen atoms in total. The fourth-order valence-corrected chi connectivity index (χ4v) is 2.80. The maximum atomic E-state index is 12.1. The SMILES string of the molecule is CC(Oc1ccc(C(C)(C)C)cc1)C(=O)NCCC1CCNC1.Cl. The molecular formula is C19H31ClN2O2. The van der Waals surface area contributed by atoms with Gasteiger partial charge < -0.3 is 15.4 Å². The van der Waals surface area contributed by atoms with E-state index in [0.717, 1.165) is 31.8 Å². The Hall–Kier alpha value is -1.26. The number of carbonyl (C=O) groups is 1. The molecule has 1 aliphatic rings. The molecule has 2 rings (SSSR count). The van der Waals surface area contributed by atoms with Gasteiger partial charge in [0.25, 0.3) is 5.91 Å². The molecule has 1 heterocycles. The first-order chi connectivity index (χ1) is 10.9. The number of halogens is 1. The summed E-state index contributed by atoms with van der Waals surface area (Å²) in [6, 6.07) is 8.00. The van der Waals surface area contributed by atoms with Gasteiger partial charge in [-0.05, 0) is 61.9 Å². The third kappa shape index (κ3) is 6.33. The van der Waals surface area contributed by atoms with Crippen molar-refractivity contribution in [1.29, 1.82) is 0 Å². The second-order valence-corrected chi connectivity index (χ2v) is 7.47. The van der Waals surface area contributed by atoms with Gasteiger partial charge in [0.2, 0.25) is 0 Å². The quantitative estimate of drug-likeness (QED) is 0.824. The van der Waals surface area contributed by atoms with Crippen LogP contribution in [-0.4, -0.2) is 31.6 Å². The van der Waals surface area contributed by atoms with E-state index in [2.05, 4.69) is 43.5 Å². The molecule has 0 bridgehead atoms. The molecular weight excluding hydrogens is 324 g/mol. The average molecular weight is 355 g/mol. The largest absolute Gasteiger partial charge is 0.481 e. The summed E-state index contributed by atoms with van der Waals surface area (Å²) in [5.74, 6) is 1.38. The van der Waals surface area contributed by atoms with Crippen molar-refractivity contribution in [3.05, 3.63) is 29.8 Å². The van der Waals surface area contributed by atoms with Crippen molar-refractivity contribution in [2.45, 2.75) is 52.1 Å². The zero-order valence-corrected chi connectivity index (χ0v) is 16.0. The van der Waals surface area contributed by atoms with Gasteiger partial charge in [-0.1, -0.05) is 32.9 Å². The molecule has 0 saturated carbocycles. The number of hydrogen-bond acceptors (Lipinski definition) is 3. The maximum Gasteiger partial charge on any atom is 0.260 e. The van der Waals surface area contributed by atoms with Crippen molar-refractivity contribution >= 4 is 18.3 Å². The van der Waals surface area contributed by atoms with E-state index in [0.29, 0.717) is 5.92 Å². The molecule has 0 radical (unpaired) electrons. The third-order valence-corrected chi connectivity index (χ3v) is 4.42. The van der Waals surface area contributed by atoms with E-state index in [-0.39, 0.29) is 23.7 Å². The number of nitrogens with one attached hydrogen (secondary N) is 2. The molecule has 2 unspecified atom stereocenters. The highest BCUT2D eigenvalue weighted by molar-refractivity contribution is 5.85. The number of benzene rings is 1. The zero-order valence-electron chi connectivity index (χ0n) is 15.2. The molecule has 1 amide bonds. The van der Waals surface area contributed by atoms with Crippen LogP contribution in [0.3, 0.4) is 0 Å². The topological polar surface area (TPSA) is 50.4 Å². The molecule has 0 aliphatic carbocycles. The molecule has 1 aliphatic heterocycles. The van der Waals surface area contributed by atoms with Crippen LogP contribution in [-0.2, 0) is 10.2 Å². The minimum Gasteiger partial charge on any atom is -0.481 e. The summed E-state index contributed by atoms with van der Waals surface area (Å²) in [6.45, 7) is 11.2. The van der Waals surface area contributed by atoms with Crippen molar-refractivity contribution in [3.8, 4) is 5.75 Å². The number of amides is 1. The van der Waals surface area contributed by atoms with Crippen LogP contribution in [0.2, 0.25) is 0 Å². The maximum absolute atomic E-state index is 12.1. The van der Waals surface area contributed by atoms with Gasteiger partial charge in [0.15, 0.2) is 6.10 Å². The Morgan fingerprint density at radius 3 is 2.54 bits per heavy atom. The predicted molar refractivity (Wildman–Crippen MR) is 101 cm³/mol. The standard InChI is InChI=1S/C19H30N2O2.ClH/c1-14(18(22)21-12-10-15-9-11-20-13-15)23-17-7-5-16(6-8-17)19(2,3)4;/h5-8,14-15,20H,9-13H2,1-4H3,(H,21,22);1H. The van der Waals surface area contributed by atoms with E-state index in [1.165, 1.54) is 12.0 Å². The van der Waals surface area contributed by atoms with Crippen LogP contribution < -0.4 is 15.4 Å². The van der Waals surface area contributed by atoms with Gasteiger partial charge in [-0.3, -0.25) is 4.79 Å². The lowest BCUT2D eigenvalue weighted by Crippen LogP contribution is -2.37. The number of ether oxygens (including phenoxy) is 1. The molecule has 0 spiro atoms. The van der Waals surface area contributed by atoms with Crippen LogP contribution in [0, 0.1) is 5.92 Å². The molecule has 1 aromatic rings. The van der Waals surface area contributed by atoms with Crippen molar-refractivity contribution in [2.24, 2.45) is 5.92 Å². The highest BCUT2D eigenvalue weighted by Gasteiger charge is 2.18. The number of rotatable bonds is 6. The van der Waals surface area contributed by atoms with E-state index in [4.69, 9.17) is 4.74 Å². The van der Waals surface area contributed by atoms with E-state index >= 15 is 0 Å². The Morgan fingerprint density at radius 2 is 2.00 bits per heavy atom. The minimum atomic E-state index is -0.475. The minimum absolute atomic E-state index is 0. The Labute approximate surface area is 152 Å². The van der Waals surface area contributed by atoms with Crippen LogP contribution in [0.5, 0.6) is 5.75 Å². The Kier molecular flexibility index (Phi) is 8.04. The monoisotopic (exact) mass is 354 g/mol. The van der Waals surface area contributed by atoms with Crippen molar-refractivity contribution in [1.82, 2.24) is 10.6 Å². The van der Waals surface area contributed by atoms with Crippen LogP contribution in [0.25, 0.3) is 0 Å². The van der Waals surface area contributed by atoms with Crippen LogP contribution in [0.4, 0.5) is 0 Å². The molecule has 1 saturated heterocycles. The summed E-state index contributed by atoms with van der Waals surface area (Å²) in [7, 11) is 0. The summed E-state index contributed by atoms with van der Waals surface area (Å²) >= 11 is 0. The van der Waals surface area contributed by atoms with Gasteiger partial charge in [-0.25, -0.2) is 0 Å². The molecule has 2 atom stereocenters. The Balaban J connectivity index is 0.00000288. The van der Waals surface area contributed by atoms with Gasteiger partial charge in [0.05, 0.1) is 0 Å². The molecule has 1 fully saturated rings. The highest BCUT2D eigenvalue weighted by Crippen LogP contribution is 2.24. The lowest BCUT2D eigenvalue weighted by molar-refractivity contribution is -0.127. The third-order valence-electron chi connectivity index (χ3n) is 4.42. The van der Waals surface area contributed by atoms with E-state index in [1.807, 2.05) is 12.1 Å². The molecule has 24 heavy (non-hydrogen) atoms. The summed E-state index contributed by atoms with van der Waals surface area (Å²) in [5, 5.41) is 6.32. The molecule has 0 aromatic heterocycles. The Morgan fingerprint density at radius 1 is 1.33 bits per heavy atom. The van der Waals surface area contributed by atoms with E-state index in [9.17, 15) is 4.79 Å². The van der Waals surface area contributed by atoms with Crippen molar-refractivity contribution < 1.29 is 9.53 Å². The summed E-state index contributed by atoms with van der Waals surface area (Å²) in [5.41, 5.74) is 1.38. The Bertz CT molecular complexity index is 505. The molecule has 5 heteroatoms. The first-order valence-electron chi connectivity index (χ1n) is 8.62. The number of carbonyl (C=O) groups excluding carboxylic acids is 1. The van der Waals surface area contributed by atoms with Gasteiger partial charge in [-0.15, -0.1) is 12.4 Å². The van der Waals surface area contributed by atoms with E-state index in [1.54, 1.807) is 6.92 Å². The lowest BCUT2D eigenvalue weighted by atomic mass is 9.87. The molecule has 2 N–H and O–H groups in total. The van der Waals surface area contributed by atoms with Crippen molar-refractivity contribution in [3.63, 3.8) is 0 Å². The second-order valence-electron chi connectivity index (χ2n) is 7.47. The average Bonchev–Trinajstić information content (AvgIpc) is 3.00. The van der Waals surface area contributed by atoms with Crippen LogP contribution in [0.1, 0.15) is 46.1 Å². The van der Waals surface area contributed by atoms with Crippen molar-refractivity contribution in [2.75, 3.05) is 19.6 Å². The lowest BCUT2D eigenvalue weighted by Gasteiger charge is -2.20. The summed E-state index contributed by atoms with van der Waals surface area (Å²) < 4.78 is 5.74. The normalized spacial score (nSPS) is 18.6. The van der Waals surface area contributed by atoms with Gasteiger partial charge in [0, 0.05) is 6.54 Å². The molecule has 136 valence electrons. The van der Waals surface area contributed by atoms with E-state index < -0.39 is 6.10 Å². The first kappa shape index (κ1) is 20.8. The van der Waals surface area contributed by atoms with Crippen LogP contribution >= 0.6 is 12.4 Å². The fourth-order valence-electron chi connectivity index (χ4n) is 2.80. The van der Waals surface area contributed by atoms with Gasteiger partial charge in [0.1, 0.15) is 5.75 Å². The number of hydrogen-bond donors (Lipinski definition) is 2. The smallest absolute Gasteiger partial charge is 0.260 e. The fraction of sp³-hybridized carbons (Fsp3) is 0.632. The summed E-state index contributed by atoms with van der Waals surface area (Å²) in [6.07, 6.45) is 1.77. The van der Waals surface area contributed by atoms with Gasteiger partial charge >= 0.3 is 0 Å². The highest BCUT2D eigenvalue weighted by atomic mass is 35.5. The second kappa shape index (κ2) is 9.28. The summed E-state index contributed by atoms with van der Waals surface area (Å²) in [4.78, 5) is 12.1. The first-order valence-corrected chi connectivity index (χ1v) is 8.62. The molecule has 1 aromatic carbocycles. The zero-order chi connectivity index (χ0) is 16.9. The van der Waals surface area contributed by atoms with Crippen LogP contribution in [0.15, 0.2) is 24.3 Å². The predicted octanol–water partition coefficient (Wildman–Crippen LogP) is 3.29.